The lowest BCUT2D eigenvalue weighted by Gasteiger charge is -2.05. The first-order valence-corrected chi connectivity index (χ1v) is 6.01. The third-order valence-corrected chi connectivity index (χ3v) is 3.17. The summed E-state index contributed by atoms with van der Waals surface area (Å²) in [5.41, 5.74) is 0.369. The molecule has 0 saturated carbocycles. The van der Waals surface area contributed by atoms with E-state index in [-0.39, 0.29) is 5.52 Å². The summed E-state index contributed by atoms with van der Waals surface area (Å²) < 4.78 is 52.9. The molecule has 0 radical (unpaired) electrons. The van der Waals surface area contributed by atoms with Crippen molar-refractivity contribution in [3.05, 3.63) is 48.0 Å². The zero-order chi connectivity index (χ0) is 15.2. The molecule has 0 atom stereocenters. The molecular weight excluding hydrogens is 286 g/mol. The molecule has 3 nitrogen and oxygen atoms in total. The highest BCUT2D eigenvalue weighted by Crippen LogP contribution is 2.32. The fourth-order valence-corrected chi connectivity index (χ4v) is 2.17. The molecule has 2 heterocycles. The van der Waals surface area contributed by atoms with Gasteiger partial charge in [-0.15, -0.1) is 0 Å². The first-order chi connectivity index (χ1) is 9.86. The highest BCUT2D eigenvalue weighted by molar-refractivity contribution is 5.81. The molecule has 21 heavy (non-hydrogen) atoms. The molecule has 0 unspecified atom stereocenters. The molecule has 2 aromatic heterocycles. The number of hydrogen-bond acceptors (Lipinski definition) is 2. The van der Waals surface area contributed by atoms with Gasteiger partial charge in [-0.05, 0) is 24.3 Å². The Morgan fingerprint density at radius 3 is 2.52 bits per heavy atom. The Labute approximate surface area is 116 Å². The number of nitrogens with zero attached hydrogens (tertiary/aromatic N) is 3. The van der Waals surface area contributed by atoms with Crippen molar-refractivity contribution in [2.75, 3.05) is 0 Å². The van der Waals surface area contributed by atoms with Crippen molar-refractivity contribution in [3.63, 3.8) is 0 Å². The summed E-state index contributed by atoms with van der Waals surface area (Å²) >= 11 is 0. The second kappa shape index (κ2) is 4.54. The van der Waals surface area contributed by atoms with E-state index in [2.05, 4.69) is 9.97 Å². The zero-order valence-electron chi connectivity index (χ0n) is 10.8. The van der Waals surface area contributed by atoms with Crippen LogP contribution in [-0.4, -0.2) is 14.5 Å². The van der Waals surface area contributed by atoms with Crippen LogP contribution in [0, 0.1) is 5.82 Å². The number of hydrogen-bond donors (Lipinski definition) is 0. The maximum Gasteiger partial charge on any atom is 0.416 e. The molecule has 3 aromatic rings. The highest BCUT2D eigenvalue weighted by Gasteiger charge is 2.31. The number of benzene rings is 1. The van der Waals surface area contributed by atoms with E-state index < -0.39 is 17.6 Å². The minimum absolute atomic E-state index is 0.201. The lowest BCUT2D eigenvalue weighted by Crippen LogP contribution is -2.04. The van der Waals surface area contributed by atoms with E-state index in [4.69, 9.17) is 0 Å². The van der Waals surface area contributed by atoms with E-state index in [9.17, 15) is 17.6 Å². The molecule has 1 aromatic carbocycles. The SMILES string of the molecule is Cn1c(-c2cncc(F)c2)nc2cc(C(F)(F)F)ccc21. The summed E-state index contributed by atoms with van der Waals surface area (Å²) in [7, 11) is 1.66. The van der Waals surface area contributed by atoms with Crippen molar-refractivity contribution in [2.45, 2.75) is 6.18 Å². The highest BCUT2D eigenvalue weighted by atomic mass is 19.4. The quantitative estimate of drug-likeness (QED) is 0.639. The molecule has 0 N–H and O–H groups in total. The fourth-order valence-electron chi connectivity index (χ4n) is 2.17. The summed E-state index contributed by atoms with van der Waals surface area (Å²) in [6.07, 6.45) is -1.96. The fraction of sp³-hybridized carbons (Fsp3) is 0.143. The molecule has 0 aliphatic heterocycles. The Hall–Kier alpha value is -2.44. The molecule has 0 amide bonds. The summed E-state index contributed by atoms with van der Waals surface area (Å²) in [6, 6.07) is 4.56. The zero-order valence-corrected chi connectivity index (χ0v) is 10.8. The molecular formula is C14H9F4N3. The predicted molar refractivity (Wildman–Crippen MR) is 68.9 cm³/mol. The number of pyridine rings is 1. The third kappa shape index (κ3) is 2.35. The number of fused-ring (bicyclic) bond motifs is 1. The second-order valence-corrected chi connectivity index (χ2v) is 4.59. The number of halogens is 4. The van der Waals surface area contributed by atoms with Crippen LogP contribution >= 0.6 is 0 Å². The van der Waals surface area contributed by atoms with Crippen LogP contribution in [-0.2, 0) is 13.2 Å². The third-order valence-electron chi connectivity index (χ3n) is 3.17. The van der Waals surface area contributed by atoms with Crippen LogP contribution in [0.25, 0.3) is 22.4 Å². The average Bonchev–Trinajstić information content (AvgIpc) is 2.75. The number of imidazole rings is 1. The van der Waals surface area contributed by atoms with Crippen molar-refractivity contribution >= 4 is 11.0 Å². The number of aromatic nitrogens is 3. The average molecular weight is 295 g/mol. The van der Waals surface area contributed by atoms with Crippen LogP contribution < -0.4 is 0 Å². The van der Waals surface area contributed by atoms with Gasteiger partial charge < -0.3 is 4.57 Å². The number of alkyl halides is 3. The first-order valence-electron chi connectivity index (χ1n) is 6.01. The van der Waals surface area contributed by atoms with Crippen molar-refractivity contribution < 1.29 is 17.6 Å². The van der Waals surface area contributed by atoms with Gasteiger partial charge in [0.05, 0.1) is 22.8 Å². The largest absolute Gasteiger partial charge is 0.416 e. The van der Waals surface area contributed by atoms with Gasteiger partial charge in [-0.25, -0.2) is 9.37 Å². The number of aryl methyl sites for hydroxylation is 1. The van der Waals surface area contributed by atoms with E-state index in [1.807, 2.05) is 0 Å². The van der Waals surface area contributed by atoms with Gasteiger partial charge in [-0.3, -0.25) is 4.98 Å². The van der Waals surface area contributed by atoms with Gasteiger partial charge in [0.1, 0.15) is 11.6 Å². The van der Waals surface area contributed by atoms with Crippen LogP contribution in [0.1, 0.15) is 5.56 Å². The van der Waals surface area contributed by atoms with Gasteiger partial charge in [-0.1, -0.05) is 0 Å². The molecule has 0 spiro atoms. The van der Waals surface area contributed by atoms with Crippen molar-refractivity contribution in [2.24, 2.45) is 7.05 Å². The monoisotopic (exact) mass is 295 g/mol. The minimum atomic E-state index is -4.42. The summed E-state index contributed by atoms with van der Waals surface area (Å²) in [6.45, 7) is 0. The molecule has 0 aliphatic rings. The minimum Gasteiger partial charge on any atom is -0.327 e. The molecule has 0 saturated heterocycles. The smallest absolute Gasteiger partial charge is 0.327 e. The molecule has 0 bridgehead atoms. The van der Waals surface area contributed by atoms with Gasteiger partial charge in [0.15, 0.2) is 0 Å². The van der Waals surface area contributed by atoms with E-state index in [0.29, 0.717) is 16.9 Å². The van der Waals surface area contributed by atoms with E-state index in [0.717, 1.165) is 18.3 Å². The van der Waals surface area contributed by atoms with Crippen LogP contribution in [0.3, 0.4) is 0 Å². The van der Waals surface area contributed by atoms with Gasteiger partial charge in [0.25, 0.3) is 0 Å². The Morgan fingerprint density at radius 2 is 1.86 bits per heavy atom. The maximum atomic E-state index is 13.2. The van der Waals surface area contributed by atoms with Crippen molar-refractivity contribution in [1.82, 2.24) is 14.5 Å². The molecule has 0 fully saturated rings. The van der Waals surface area contributed by atoms with E-state index in [1.165, 1.54) is 18.3 Å². The van der Waals surface area contributed by atoms with Gasteiger partial charge in [0, 0.05) is 18.8 Å². The Bertz CT molecular complexity index is 821. The standard InChI is InChI=1S/C14H9F4N3/c1-21-12-3-2-9(14(16,17)18)5-11(12)20-13(21)8-4-10(15)7-19-6-8/h2-7H,1H3. The van der Waals surface area contributed by atoms with Crippen LogP contribution in [0.5, 0.6) is 0 Å². The van der Waals surface area contributed by atoms with Gasteiger partial charge in [0.2, 0.25) is 0 Å². The predicted octanol–water partition coefficient (Wildman–Crippen LogP) is 3.79. The first kappa shape index (κ1) is 13.5. The Balaban J connectivity index is 2.20. The molecule has 7 heteroatoms. The van der Waals surface area contributed by atoms with Crippen molar-refractivity contribution in [3.8, 4) is 11.4 Å². The Morgan fingerprint density at radius 1 is 1.10 bits per heavy atom. The maximum absolute atomic E-state index is 13.2. The van der Waals surface area contributed by atoms with Crippen LogP contribution in [0.15, 0.2) is 36.7 Å². The lowest BCUT2D eigenvalue weighted by molar-refractivity contribution is -0.137. The Kier molecular flexibility index (Phi) is 2.93. The normalized spacial score (nSPS) is 12.0. The summed E-state index contributed by atoms with van der Waals surface area (Å²) in [5, 5.41) is 0. The van der Waals surface area contributed by atoms with Gasteiger partial charge in [-0.2, -0.15) is 13.2 Å². The lowest BCUT2D eigenvalue weighted by atomic mass is 10.2. The summed E-state index contributed by atoms with van der Waals surface area (Å²) in [5.74, 6) is -0.174. The van der Waals surface area contributed by atoms with Crippen LogP contribution in [0.2, 0.25) is 0 Å². The van der Waals surface area contributed by atoms with E-state index >= 15 is 0 Å². The molecule has 3 rings (SSSR count). The van der Waals surface area contributed by atoms with Crippen LogP contribution in [0.4, 0.5) is 17.6 Å². The van der Waals surface area contributed by atoms with Crippen molar-refractivity contribution in [1.29, 1.82) is 0 Å². The molecule has 0 aliphatic carbocycles. The van der Waals surface area contributed by atoms with E-state index in [1.54, 1.807) is 11.6 Å². The topological polar surface area (TPSA) is 30.7 Å². The number of rotatable bonds is 1. The summed E-state index contributed by atoms with van der Waals surface area (Å²) in [4.78, 5) is 7.87. The molecule has 108 valence electrons. The second-order valence-electron chi connectivity index (χ2n) is 4.59. The van der Waals surface area contributed by atoms with Gasteiger partial charge >= 0.3 is 6.18 Å².